The van der Waals surface area contributed by atoms with Gasteiger partial charge in [-0.1, -0.05) is 13.8 Å². The molecule has 0 aliphatic carbocycles. The average Bonchev–Trinajstić information content (AvgIpc) is 2.05. The Labute approximate surface area is 66.7 Å². The summed E-state index contributed by atoms with van der Waals surface area (Å²) in [6.07, 6.45) is 5.03. The predicted molar refractivity (Wildman–Crippen MR) is 43.8 cm³/mol. The summed E-state index contributed by atoms with van der Waals surface area (Å²) in [5.41, 5.74) is 6.86. The molecule has 3 nitrogen and oxygen atoms in total. The van der Waals surface area contributed by atoms with Crippen LogP contribution in [0.25, 0.3) is 0 Å². The molecule has 1 rings (SSSR count). The minimum atomic E-state index is 0.0520. The molecule has 60 valence electrons. The Morgan fingerprint density at radius 2 is 1.82 bits per heavy atom. The van der Waals surface area contributed by atoms with Crippen LogP contribution in [0.3, 0.4) is 0 Å². The van der Waals surface area contributed by atoms with Crippen LogP contribution < -0.4 is 5.73 Å². The van der Waals surface area contributed by atoms with Gasteiger partial charge in [-0.15, -0.1) is 0 Å². The van der Waals surface area contributed by atoms with Crippen LogP contribution in [0.15, 0.2) is 18.7 Å². The zero-order valence-corrected chi connectivity index (χ0v) is 6.86. The summed E-state index contributed by atoms with van der Waals surface area (Å²) in [5.74, 6) is 0.431. The third kappa shape index (κ3) is 1.98. The number of nitrogens with zero attached hydrogens (tertiary/aromatic N) is 2. The molecule has 0 aliphatic heterocycles. The van der Waals surface area contributed by atoms with E-state index < -0.39 is 0 Å². The number of hydrogen-bond donors (Lipinski definition) is 1. The van der Waals surface area contributed by atoms with Crippen molar-refractivity contribution in [3.63, 3.8) is 0 Å². The molecule has 1 atom stereocenters. The molecule has 0 fully saturated rings. The molecule has 1 unspecified atom stereocenters. The van der Waals surface area contributed by atoms with Crippen molar-refractivity contribution in [2.75, 3.05) is 0 Å². The zero-order chi connectivity index (χ0) is 8.27. The van der Waals surface area contributed by atoms with E-state index in [9.17, 15) is 0 Å². The first-order valence-electron chi connectivity index (χ1n) is 3.72. The van der Waals surface area contributed by atoms with Crippen molar-refractivity contribution in [1.82, 2.24) is 9.97 Å². The van der Waals surface area contributed by atoms with E-state index in [0.717, 1.165) is 5.56 Å². The fourth-order valence-corrected chi connectivity index (χ4v) is 0.868. The fraction of sp³-hybridized carbons (Fsp3) is 0.500. The minimum absolute atomic E-state index is 0.0520. The molecule has 1 aromatic heterocycles. The molecule has 3 heteroatoms. The van der Waals surface area contributed by atoms with Crippen LogP contribution in [-0.4, -0.2) is 9.97 Å². The SMILES string of the molecule is CC(C)C(N)c1cncnc1. The lowest BCUT2D eigenvalue weighted by Gasteiger charge is -2.14. The Bertz CT molecular complexity index is 208. The molecular weight excluding hydrogens is 138 g/mol. The molecule has 1 aromatic rings. The Hall–Kier alpha value is -0.960. The molecule has 11 heavy (non-hydrogen) atoms. The highest BCUT2D eigenvalue weighted by Gasteiger charge is 2.09. The fourth-order valence-electron chi connectivity index (χ4n) is 0.868. The van der Waals surface area contributed by atoms with Crippen LogP contribution >= 0.6 is 0 Å². The molecule has 1 heterocycles. The molecule has 0 aromatic carbocycles. The summed E-state index contributed by atoms with van der Waals surface area (Å²) in [5, 5.41) is 0. The van der Waals surface area contributed by atoms with Crippen molar-refractivity contribution in [1.29, 1.82) is 0 Å². The van der Waals surface area contributed by atoms with Crippen LogP contribution in [0.5, 0.6) is 0 Å². The van der Waals surface area contributed by atoms with Gasteiger partial charge < -0.3 is 5.73 Å². The minimum Gasteiger partial charge on any atom is -0.324 e. The van der Waals surface area contributed by atoms with Gasteiger partial charge in [-0.05, 0) is 5.92 Å². The smallest absolute Gasteiger partial charge is 0.115 e. The maximum absolute atomic E-state index is 5.86. The highest BCUT2D eigenvalue weighted by atomic mass is 14.8. The second-order valence-electron chi connectivity index (χ2n) is 2.94. The van der Waals surface area contributed by atoms with Crippen molar-refractivity contribution >= 4 is 0 Å². The average molecular weight is 151 g/mol. The number of nitrogens with two attached hydrogens (primary N) is 1. The van der Waals surface area contributed by atoms with E-state index in [2.05, 4.69) is 23.8 Å². The first kappa shape index (κ1) is 8.14. The molecule has 0 spiro atoms. The zero-order valence-electron chi connectivity index (χ0n) is 6.86. The van der Waals surface area contributed by atoms with Gasteiger partial charge >= 0.3 is 0 Å². The van der Waals surface area contributed by atoms with Gasteiger partial charge in [0.2, 0.25) is 0 Å². The molecule has 0 bridgehead atoms. The van der Waals surface area contributed by atoms with Crippen molar-refractivity contribution in [3.8, 4) is 0 Å². The molecule has 0 saturated carbocycles. The van der Waals surface area contributed by atoms with Crippen LogP contribution in [0.1, 0.15) is 25.5 Å². The maximum atomic E-state index is 5.86. The first-order chi connectivity index (χ1) is 5.22. The lowest BCUT2D eigenvalue weighted by Crippen LogP contribution is -2.16. The molecular formula is C8H13N3. The van der Waals surface area contributed by atoms with Crippen molar-refractivity contribution in [2.45, 2.75) is 19.9 Å². The summed E-state index contributed by atoms with van der Waals surface area (Å²) in [7, 11) is 0. The molecule has 0 radical (unpaired) electrons. The van der Waals surface area contributed by atoms with Crippen LogP contribution in [-0.2, 0) is 0 Å². The number of aromatic nitrogens is 2. The van der Waals surface area contributed by atoms with Gasteiger partial charge in [0.25, 0.3) is 0 Å². The molecule has 2 N–H and O–H groups in total. The summed E-state index contributed by atoms with van der Waals surface area (Å²) < 4.78 is 0. The van der Waals surface area contributed by atoms with Crippen molar-refractivity contribution in [3.05, 3.63) is 24.3 Å². The van der Waals surface area contributed by atoms with Gasteiger partial charge in [-0.3, -0.25) is 0 Å². The van der Waals surface area contributed by atoms with Crippen molar-refractivity contribution in [2.24, 2.45) is 11.7 Å². The number of rotatable bonds is 2. The van der Waals surface area contributed by atoms with Crippen LogP contribution in [0.2, 0.25) is 0 Å². The van der Waals surface area contributed by atoms with Gasteiger partial charge in [-0.2, -0.15) is 0 Å². The van der Waals surface area contributed by atoms with Gasteiger partial charge in [0, 0.05) is 24.0 Å². The Morgan fingerprint density at radius 1 is 1.27 bits per heavy atom. The van der Waals surface area contributed by atoms with Crippen LogP contribution in [0, 0.1) is 5.92 Å². The van der Waals surface area contributed by atoms with Gasteiger partial charge in [0.1, 0.15) is 6.33 Å². The number of hydrogen-bond acceptors (Lipinski definition) is 3. The Morgan fingerprint density at radius 3 is 2.27 bits per heavy atom. The van der Waals surface area contributed by atoms with E-state index >= 15 is 0 Å². The topological polar surface area (TPSA) is 51.8 Å². The Balaban J connectivity index is 2.77. The summed E-state index contributed by atoms with van der Waals surface area (Å²) >= 11 is 0. The second kappa shape index (κ2) is 3.44. The highest BCUT2D eigenvalue weighted by molar-refractivity contribution is 5.08. The standard InChI is InChI=1S/C8H13N3/c1-6(2)8(9)7-3-10-5-11-4-7/h3-6,8H,9H2,1-2H3. The highest BCUT2D eigenvalue weighted by Crippen LogP contribution is 2.15. The van der Waals surface area contributed by atoms with E-state index in [-0.39, 0.29) is 6.04 Å². The van der Waals surface area contributed by atoms with E-state index in [0.29, 0.717) is 5.92 Å². The third-order valence-electron chi connectivity index (χ3n) is 1.68. The first-order valence-corrected chi connectivity index (χ1v) is 3.72. The van der Waals surface area contributed by atoms with Crippen molar-refractivity contribution < 1.29 is 0 Å². The van der Waals surface area contributed by atoms with E-state index in [1.807, 2.05) is 0 Å². The largest absolute Gasteiger partial charge is 0.324 e. The quantitative estimate of drug-likeness (QED) is 0.689. The second-order valence-corrected chi connectivity index (χ2v) is 2.94. The van der Waals surface area contributed by atoms with E-state index in [1.54, 1.807) is 12.4 Å². The normalized spacial score (nSPS) is 13.5. The van der Waals surface area contributed by atoms with E-state index in [4.69, 9.17) is 5.73 Å². The predicted octanol–water partition coefficient (Wildman–Crippen LogP) is 1.13. The summed E-state index contributed by atoms with van der Waals surface area (Å²) in [6, 6.07) is 0.0520. The lowest BCUT2D eigenvalue weighted by atomic mass is 10.00. The Kier molecular flexibility index (Phi) is 2.54. The monoisotopic (exact) mass is 151 g/mol. The van der Waals surface area contributed by atoms with Gasteiger partial charge in [0.15, 0.2) is 0 Å². The van der Waals surface area contributed by atoms with Crippen LogP contribution in [0.4, 0.5) is 0 Å². The molecule has 0 aliphatic rings. The lowest BCUT2D eigenvalue weighted by molar-refractivity contribution is 0.511. The third-order valence-corrected chi connectivity index (χ3v) is 1.68. The molecule has 0 amide bonds. The summed E-state index contributed by atoms with van der Waals surface area (Å²) in [6.45, 7) is 4.16. The van der Waals surface area contributed by atoms with Gasteiger partial charge in [-0.25, -0.2) is 9.97 Å². The van der Waals surface area contributed by atoms with Gasteiger partial charge in [0.05, 0.1) is 0 Å². The maximum Gasteiger partial charge on any atom is 0.115 e. The summed E-state index contributed by atoms with van der Waals surface area (Å²) in [4.78, 5) is 7.79. The molecule has 0 saturated heterocycles. The van der Waals surface area contributed by atoms with E-state index in [1.165, 1.54) is 6.33 Å².